The summed E-state index contributed by atoms with van der Waals surface area (Å²) in [6.45, 7) is 12.7. The van der Waals surface area contributed by atoms with E-state index in [1.54, 1.807) is 0 Å². The van der Waals surface area contributed by atoms with Gasteiger partial charge >= 0.3 is 0 Å². The van der Waals surface area contributed by atoms with Gasteiger partial charge < -0.3 is 25.7 Å². The van der Waals surface area contributed by atoms with Crippen molar-refractivity contribution in [1.82, 2.24) is 9.80 Å². The minimum atomic E-state index is -0.425. The molecule has 0 aromatic heterocycles. The first-order valence-corrected chi connectivity index (χ1v) is 21.7. The molecule has 0 saturated heterocycles. The summed E-state index contributed by atoms with van der Waals surface area (Å²) in [5.41, 5.74) is 5.76. The summed E-state index contributed by atoms with van der Waals surface area (Å²) in [5, 5.41) is 20.6. The van der Waals surface area contributed by atoms with Crippen LogP contribution in [0.25, 0.3) is 0 Å². The molecule has 0 aliphatic heterocycles. The van der Waals surface area contributed by atoms with E-state index in [0.717, 1.165) is 58.4 Å². The molecule has 0 saturated carbocycles. The highest BCUT2D eigenvalue weighted by Gasteiger charge is 2.12. The lowest BCUT2D eigenvalue weighted by Gasteiger charge is -2.25. The molecule has 5 nitrogen and oxygen atoms in total. The highest BCUT2D eigenvalue weighted by molar-refractivity contribution is 4.93. The van der Waals surface area contributed by atoms with Gasteiger partial charge in [0.05, 0.1) is 12.2 Å². The Morgan fingerprint density at radius 3 is 1.12 bits per heavy atom. The van der Waals surface area contributed by atoms with E-state index in [-0.39, 0.29) is 6.10 Å². The number of hydrogen-bond acceptors (Lipinski definition) is 5. The average Bonchev–Trinajstić information content (AvgIpc) is 3.12. The van der Waals surface area contributed by atoms with Crippen molar-refractivity contribution in [3.63, 3.8) is 0 Å². The fourth-order valence-electron chi connectivity index (χ4n) is 6.35. The summed E-state index contributed by atoms with van der Waals surface area (Å²) in [7, 11) is 0. The molecule has 0 amide bonds. The molecule has 0 fully saturated rings. The third-order valence-electron chi connectivity index (χ3n) is 9.73. The van der Waals surface area contributed by atoms with Crippen LogP contribution in [-0.2, 0) is 0 Å². The standard InChI is InChI=1S/C45H87N3O2/c1-4-7-9-11-13-15-17-19-20-21-22-24-26-28-30-34-39-48(43-45(50)41-46)40-36-32-31-35-38-47(42-44(49)6-3)37-33-29-27-25-23-18-16-14-12-10-8-5-2/h13-16,19-20,23,25,44-45,49-50H,4-12,17-18,21-22,24,26-43,46H2,1-3H3/b15-13-,16-14-,20-19+,25-23+. The number of rotatable bonds is 39. The van der Waals surface area contributed by atoms with Crippen molar-refractivity contribution in [2.24, 2.45) is 5.73 Å². The summed E-state index contributed by atoms with van der Waals surface area (Å²) in [5.74, 6) is 0. The number of aliphatic hydroxyl groups is 2. The lowest BCUT2D eigenvalue weighted by molar-refractivity contribution is 0.106. The third-order valence-corrected chi connectivity index (χ3v) is 9.73. The van der Waals surface area contributed by atoms with Crippen molar-refractivity contribution < 1.29 is 10.2 Å². The van der Waals surface area contributed by atoms with Crippen LogP contribution in [0.15, 0.2) is 48.6 Å². The third kappa shape index (κ3) is 36.5. The Morgan fingerprint density at radius 1 is 0.420 bits per heavy atom. The van der Waals surface area contributed by atoms with E-state index in [2.05, 4.69) is 79.2 Å². The minimum absolute atomic E-state index is 0.221. The zero-order valence-corrected chi connectivity index (χ0v) is 33.8. The van der Waals surface area contributed by atoms with Crippen LogP contribution in [0.4, 0.5) is 0 Å². The molecule has 50 heavy (non-hydrogen) atoms. The molecule has 0 aromatic rings. The van der Waals surface area contributed by atoms with Crippen molar-refractivity contribution in [2.45, 2.75) is 193 Å². The van der Waals surface area contributed by atoms with E-state index in [0.29, 0.717) is 13.1 Å². The first kappa shape index (κ1) is 48.8. The molecule has 0 heterocycles. The molecule has 5 heteroatoms. The van der Waals surface area contributed by atoms with Gasteiger partial charge in [-0.25, -0.2) is 0 Å². The predicted molar refractivity (Wildman–Crippen MR) is 223 cm³/mol. The quantitative estimate of drug-likeness (QED) is 0.0439. The second-order valence-electron chi connectivity index (χ2n) is 14.7. The van der Waals surface area contributed by atoms with Gasteiger partial charge in [-0.1, -0.05) is 134 Å². The fourth-order valence-corrected chi connectivity index (χ4v) is 6.35. The number of nitrogens with zero attached hydrogens (tertiary/aromatic N) is 2. The van der Waals surface area contributed by atoms with Gasteiger partial charge in [-0.05, 0) is 122 Å². The van der Waals surface area contributed by atoms with E-state index < -0.39 is 6.10 Å². The molecule has 0 aliphatic carbocycles. The number of hydrogen-bond donors (Lipinski definition) is 3. The summed E-state index contributed by atoms with van der Waals surface area (Å²) in [4.78, 5) is 4.94. The maximum absolute atomic E-state index is 10.3. The predicted octanol–water partition coefficient (Wildman–Crippen LogP) is 11.3. The van der Waals surface area contributed by atoms with Crippen LogP contribution in [0.2, 0.25) is 0 Å². The SMILES string of the molecule is CCCCC/C=C\C/C=C/CCCCCCCCN(CCCCCCN(CCCC/C=C/C/C=C\CCCCC)CC(O)CC)CC(O)CN. The molecule has 0 radical (unpaired) electrons. The van der Waals surface area contributed by atoms with Gasteiger partial charge in [0.15, 0.2) is 0 Å². The molecule has 0 rings (SSSR count). The smallest absolute Gasteiger partial charge is 0.0789 e. The Bertz CT molecular complexity index is 780. The van der Waals surface area contributed by atoms with Gasteiger partial charge in [-0.15, -0.1) is 0 Å². The van der Waals surface area contributed by atoms with Crippen molar-refractivity contribution in [3.05, 3.63) is 48.6 Å². The van der Waals surface area contributed by atoms with E-state index in [4.69, 9.17) is 5.73 Å². The fraction of sp³-hybridized carbons (Fsp3) is 0.822. The number of nitrogens with two attached hydrogens (primary N) is 1. The first-order chi connectivity index (χ1) is 24.6. The normalized spacial score (nSPS) is 13.8. The second kappa shape index (κ2) is 40.5. The molecule has 2 unspecified atom stereocenters. The molecular formula is C45H87N3O2. The number of allylic oxidation sites excluding steroid dienone is 8. The van der Waals surface area contributed by atoms with E-state index in [1.807, 2.05) is 0 Å². The van der Waals surface area contributed by atoms with Crippen LogP contribution < -0.4 is 5.73 Å². The molecular weight excluding hydrogens is 615 g/mol. The van der Waals surface area contributed by atoms with Gasteiger partial charge in [-0.2, -0.15) is 0 Å². The van der Waals surface area contributed by atoms with Crippen LogP contribution >= 0.6 is 0 Å². The van der Waals surface area contributed by atoms with Crippen molar-refractivity contribution in [3.8, 4) is 0 Å². The molecule has 0 aliphatic rings. The molecule has 0 aromatic carbocycles. The zero-order chi connectivity index (χ0) is 36.6. The van der Waals surface area contributed by atoms with Crippen molar-refractivity contribution >= 4 is 0 Å². The van der Waals surface area contributed by atoms with Gasteiger partial charge in [0, 0.05) is 19.6 Å². The van der Waals surface area contributed by atoms with Crippen LogP contribution in [0.5, 0.6) is 0 Å². The maximum Gasteiger partial charge on any atom is 0.0789 e. The maximum atomic E-state index is 10.3. The van der Waals surface area contributed by atoms with E-state index in [1.165, 1.54) is 135 Å². The number of unbranched alkanes of at least 4 members (excludes halogenated alkanes) is 17. The lowest BCUT2D eigenvalue weighted by atomic mass is 10.1. The van der Waals surface area contributed by atoms with Crippen LogP contribution in [0, 0.1) is 0 Å². The molecule has 2 atom stereocenters. The highest BCUT2D eigenvalue weighted by atomic mass is 16.3. The van der Waals surface area contributed by atoms with E-state index in [9.17, 15) is 10.2 Å². The monoisotopic (exact) mass is 702 g/mol. The Balaban J connectivity index is 4.12. The Hall–Kier alpha value is -1.24. The highest BCUT2D eigenvalue weighted by Crippen LogP contribution is 2.12. The van der Waals surface area contributed by atoms with Crippen LogP contribution in [0.1, 0.15) is 181 Å². The zero-order valence-electron chi connectivity index (χ0n) is 33.8. The van der Waals surface area contributed by atoms with Crippen LogP contribution in [0.3, 0.4) is 0 Å². The van der Waals surface area contributed by atoms with Gasteiger partial charge in [0.25, 0.3) is 0 Å². The first-order valence-electron chi connectivity index (χ1n) is 21.7. The molecule has 294 valence electrons. The van der Waals surface area contributed by atoms with Gasteiger partial charge in [0.1, 0.15) is 0 Å². The van der Waals surface area contributed by atoms with E-state index >= 15 is 0 Å². The summed E-state index contributed by atoms with van der Waals surface area (Å²) >= 11 is 0. The van der Waals surface area contributed by atoms with Crippen molar-refractivity contribution in [2.75, 3.05) is 45.8 Å². The van der Waals surface area contributed by atoms with Crippen molar-refractivity contribution in [1.29, 1.82) is 0 Å². The Kier molecular flexibility index (Phi) is 39.5. The largest absolute Gasteiger partial charge is 0.392 e. The molecule has 0 spiro atoms. The minimum Gasteiger partial charge on any atom is -0.392 e. The Morgan fingerprint density at radius 2 is 0.740 bits per heavy atom. The molecule has 0 bridgehead atoms. The summed E-state index contributed by atoms with van der Waals surface area (Å²) in [6, 6.07) is 0. The number of aliphatic hydroxyl groups excluding tert-OH is 2. The molecule has 4 N–H and O–H groups in total. The Labute approximate surface area is 312 Å². The lowest BCUT2D eigenvalue weighted by Crippen LogP contribution is -2.37. The summed E-state index contributed by atoms with van der Waals surface area (Å²) < 4.78 is 0. The second-order valence-corrected chi connectivity index (χ2v) is 14.7. The van der Waals surface area contributed by atoms with Crippen LogP contribution in [-0.4, -0.2) is 78.0 Å². The van der Waals surface area contributed by atoms with Gasteiger partial charge in [0.2, 0.25) is 0 Å². The average molecular weight is 702 g/mol. The summed E-state index contributed by atoms with van der Waals surface area (Å²) in [6.07, 6.45) is 48.7. The topological polar surface area (TPSA) is 73.0 Å². The van der Waals surface area contributed by atoms with Gasteiger partial charge in [-0.3, -0.25) is 0 Å².